The van der Waals surface area contributed by atoms with Crippen LogP contribution in [0, 0.1) is 17.8 Å². The maximum atomic E-state index is 13.9. The Morgan fingerprint density at radius 1 is 1.13 bits per heavy atom. The van der Waals surface area contributed by atoms with Gasteiger partial charge >= 0.3 is 0 Å². The van der Waals surface area contributed by atoms with Gasteiger partial charge in [-0.05, 0) is 117 Å². The molecule has 1 saturated heterocycles. The van der Waals surface area contributed by atoms with E-state index in [1.807, 2.05) is 25.1 Å². The number of nitrogens with zero attached hydrogens (tertiary/aromatic N) is 1. The number of fused-ring (bicyclic) bond motifs is 4. The van der Waals surface area contributed by atoms with Crippen LogP contribution in [0.5, 0.6) is 5.75 Å². The number of aryl methyl sites for hydroxylation is 1. The maximum absolute atomic E-state index is 13.9. The number of hydrogen-bond donors (Lipinski definition) is 1. The van der Waals surface area contributed by atoms with Gasteiger partial charge in [0, 0.05) is 42.8 Å². The number of nitrogens with one attached hydrogen (secondary N) is 1. The number of carbonyl (C=O) groups excluding carboxylic acids is 1. The Bertz CT molecular complexity index is 1620. The average molecular weight is 683 g/mol. The van der Waals surface area contributed by atoms with Crippen LogP contribution in [0.2, 0.25) is 5.02 Å². The van der Waals surface area contributed by atoms with Crippen molar-refractivity contribution in [3.05, 3.63) is 70.3 Å². The lowest BCUT2D eigenvalue weighted by atomic mass is 9.68. The van der Waals surface area contributed by atoms with E-state index < -0.39 is 21.2 Å². The molecule has 1 amide bonds. The zero-order valence-electron chi connectivity index (χ0n) is 27.5. The van der Waals surface area contributed by atoms with Crippen molar-refractivity contribution in [3.8, 4) is 5.75 Å². The van der Waals surface area contributed by atoms with Crippen LogP contribution in [0.15, 0.2) is 48.6 Å². The van der Waals surface area contributed by atoms with E-state index in [0.29, 0.717) is 49.2 Å². The van der Waals surface area contributed by atoms with Crippen molar-refractivity contribution in [2.24, 2.45) is 17.8 Å². The second-order valence-corrected chi connectivity index (χ2v) is 16.9. The first-order valence-corrected chi connectivity index (χ1v) is 19.3. The number of benzene rings is 2. The van der Waals surface area contributed by atoms with Gasteiger partial charge in [0.15, 0.2) is 0 Å². The van der Waals surface area contributed by atoms with Gasteiger partial charge in [0.1, 0.15) is 5.75 Å². The van der Waals surface area contributed by atoms with E-state index >= 15 is 0 Å². The number of carbonyl (C=O) groups is 1. The fraction of sp³-hybridized carbons (Fsp3) is 0.595. The summed E-state index contributed by atoms with van der Waals surface area (Å²) in [6.07, 6.45) is 11.9. The van der Waals surface area contributed by atoms with E-state index in [2.05, 4.69) is 33.9 Å². The summed E-state index contributed by atoms with van der Waals surface area (Å²) in [5.41, 5.74) is 3.46. The number of ether oxygens (including phenoxy) is 3. The predicted octanol–water partition coefficient (Wildman–Crippen LogP) is 6.45. The van der Waals surface area contributed by atoms with Gasteiger partial charge in [-0.15, -0.1) is 0 Å². The van der Waals surface area contributed by atoms with Gasteiger partial charge in [0.2, 0.25) is 10.0 Å². The third kappa shape index (κ3) is 6.57. The van der Waals surface area contributed by atoms with E-state index in [0.717, 1.165) is 68.7 Å². The van der Waals surface area contributed by atoms with Gasteiger partial charge in [-0.3, -0.25) is 4.79 Å². The Morgan fingerprint density at radius 2 is 2.00 bits per heavy atom. The fourth-order valence-electron chi connectivity index (χ4n) is 8.79. The Labute approximate surface area is 284 Å². The molecule has 7 rings (SSSR count). The van der Waals surface area contributed by atoms with E-state index in [-0.39, 0.29) is 23.5 Å². The summed E-state index contributed by atoms with van der Waals surface area (Å²) in [5, 5.41) is -0.0254. The van der Waals surface area contributed by atoms with Gasteiger partial charge < -0.3 is 19.1 Å². The number of amides is 1. The van der Waals surface area contributed by atoms with Crippen molar-refractivity contribution >= 4 is 33.2 Å². The van der Waals surface area contributed by atoms with Crippen molar-refractivity contribution in [1.29, 1.82) is 0 Å². The molecule has 2 aromatic carbocycles. The molecule has 5 aliphatic rings. The summed E-state index contributed by atoms with van der Waals surface area (Å²) in [6, 6.07) is 11.6. The summed E-state index contributed by atoms with van der Waals surface area (Å²) in [4.78, 5) is 16.2. The lowest BCUT2D eigenvalue weighted by Crippen LogP contribution is -2.49. The van der Waals surface area contributed by atoms with Crippen molar-refractivity contribution in [2.45, 2.75) is 87.6 Å². The van der Waals surface area contributed by atoms with E-state index in [9.17, 15) is 13.2 Å². The number of rotatable bonds is 3. The molecule has 1 saturated carbocycles. The highest BCUT2D eigenvalue weighted by Crippen LogP contribution is 2.47. The first-order valence-electron chi connectivity index (χ1n) is 17.3. The van der Waals surface area contributed by atoms with Crippen molar-refractivity contribution < 1.29 is 27.4 Å². The minimum Gasteiger partial charge on any atom is -0.490 e. The van der Waals surface area contributed by atoms with Crippen LogP contribution < -0.4 is 14.4 Å². The summed E-state index contributed by atoms with van der Waals surface area (Å²) in [5.74, 6) is 0.628. The monoisotopic (exact) mass is 682 g/mol. The number of sulfonamides is 1. The lowest BCUT2D eigenvalue weighted by molar-refractivity contribution is 0.0131. The quantitative estimate of drug-likeness (QED) is 0.372. The van der Waals surface area contributed by atoms with Gasteiger partial charge in [-0.25, -0.2) is 13.1 Å². The first kappa shape index (κ1) is 32.9. The molecule has 8 nitrogen and oxygen atoms in total. The summed E-state index contributed by atoms with van der Waals surface area (Å²) >= 11 is 6.44. The van der Waals surface area contributed by atoms with Crippen LogP contribution in [-0.4, -0.2) is 65.2 Å². The highest BCUT2D eigenvalue weighted by atomic mass is 35.5. The smallest absolute Gasteiger partial charge is 0.264 e. The summed E-state index contributed by atoms with van der Waals surface area (Å²) in [6.45, 7) is 4.64. The van der Waals surface area contributed by atoms with Crippen molar-refractivity contribution in [2.75, 3.05) is 38.3 Å². The SMILES string of the molecule is CO[C@H]1/C=C\C[C@H](C)[C@@H](C[C@@H]2CCCO2)S(=O)(=O)NC(=O)c2ccc3c(c2)N(C[C@@H]2CC[C@H]21)C[C@@]1(CCCc2cc(Cl)ccc21)CO3. The summed E-state index contributed by atoms with van der Waals surface area (Å²) < 4.78 is 48.9. The lowest BCUT2D eigenvalue weighted by Gasteiger charge is -2.46. The standard InChI is InChI=1S/C37H47ClN2O6S/c1-24-6-3-9-33(44-2)30-13-10-27(30)21-40-22-37(16-4-7-25-18-28(38)12-14-31(25)37)23-46-34-15-11-26(19-32(34)40)36(41)39-47(42,43)35(24)20-29-8-5-17-45-29/h3,9,11-12,14-15,18-19,24,27,29-30,33,35H,4-8,10,13,16-17,20-23H2,1-2H3,(H,39,41)/b9-3-/t24-,27-,29-,30+,33-,35+,37-/m0/s1. The Hall–Kier alpha value is -2.59. The maximum Gasteiger partial charge on any atom is 0.264 e. The number of halogens is 1. The molecule has 0 aromatic heterocycles. The van der Waals surface area contributed by atoms with Crippen LogP contribution in [-0.2, 0) is 31.3 Å². The number of methoxy groups -OCH3 is 1. The second kappa shape index (κ2) is 13.4. The number of hydrogen-bond acceptors (Lipinski definition) is 7. The van der Waals surface area contributed by atoms with Gasteiger partial charge in [0.25, 0.3) is 5.91 Å². The number of allylic oxidation sites excluding steroid dienone is 1. The predicted molar refractivity (Wildman–Crippen MR) is 184 cm³/mol. The molecular weight excluding hydrogens is 636 g/mol. The molecule has 254 valence electrons. The highest BCUT2D eigenvalue weighted by molar-refractivity contribution is 7.90. The molecule has 1 spiro atoms. The number of anilines is 1. The Balaban J connectivity index is 1.28. The van der Waals surface area contributed by atoms with Crippen LogP contribution in [0.25, 0.3) is 0 Å². The minimum absolute atomic E-state index is 0.0534. The molecule has 7 atom stereocenters. The summed E-state index contributed by atoms with van der Waals surface area (Å²) in [7, 11) is -2.24. The molecule has 3 aliphatic heterocycles. The normalized spacial score (nSPS) is 34.3. The molecular formula is C37H47ClN2O6S. The molecule has 0 unspecified atom stereocenters. The van der Waals surface area contributed by atoms with Crippen LogP contribution in [0.4, 0.5) is 5.69 Å². The third-order valence-corrected chi connectivity index (χ3v) is 13.7. The third-order valence-electron chi connectivity index (χ3n) is 11.5. The van der Waals surface area contributed by atoms with E-state index in [1.165, 1.54) is 11.1 Å². The van der Waals surface area contributed by atoms with Crippen LogP contribution in [0.1, 0.15) is 79.8 Å². The van der Waals surface area contributed by atoms with Crippen LogP contribution >= 0.6 is 11.6 Å². The topological polar surface area (TPSA) is 94.2 Å². The molecule has 3 heterocycles. The zero-order chi connectivity index (χ0) is 32.8. The van der Waals surface area contributed by atoms with E-state index in [1.54, 1.807) is 13.2 Å². The molecule has 2 aromatic rings. The molecule has 47 heavy (non-hydrogen) atoms. The zero-order valence-corrected chi connectivity index (χ0v) is 29.0. The molecule has 2 aliphatic carbocycles. The first-order chi connectivity index (χ1) is 22.7. The second-order valence-electron chi connectivity index (χ2n) is 14.5. The fourth-order valence-corrected chi connectivity index (χ4v) is 10.7. The average Bonchev–Trinajstić information content (AvgIpc) is 3.51. The highest BCUT2D eigenvalue weighted by Gasteiger charge is 2.45. The molecule has 1 N–H and O–H groups in total. The largest absolute Gasteiger partial charge is 0.490 e. The van der Waals surface area contributed by atoms with Gasteiger partial charge in [-0.2, -0.15) is 0 Å². The van der Waals surface area contributed by atoms with Crippen molar-refractivity contribution in [1.82, 2.24) is 4.72 Å². The van der Waals surface area contributed by atoms with Gasteiger partial charge in [0.05, 0.1) is 29.8 Å². The van der Waals surface area contributed by atoms with Crippen LogP contribution in [0.3, 0.4) is 0 Å². The van der Waals surface area contributed by atoms with Gasteiger partial charge in [-0.1, -0.05) is 36.7 Å². The molecule has 10 heteroatoms. The molecule has 0 radical (unpaired) electrons. The minimum atomic E-state index is -4.01. The van der Waals surface area contributed by atoms with E-state index in [4.69, 9.17) is 25.8 Å². The molecule has 2 bridgehead atoms. The molecule has 2 fully saturated rings. The Kier molecular flexibility index (Phi) is 9.37. The van der Waals surface area contributed by atoms with Crippen molar-refractivity contribution in [3.63, 3.8) is 0 Å². The Morgan fingerprint density at radius 3 is 2.77 bits per heavy atom.